The molecule has 1 aliphatic rings. The van der Waals surface area contributed by atoms with Crippen molar-refractivity contribution in [1.29, 1.82) is 0 Å². The molecule has 0 aromatic rings. The highest BCUT2D eigenvalue weighted by molar-refractivity contribution is 4.87. The minimum Gasteiger partial charge on any atom is -0.390 e. The molecule has 1 fully saturated rings. The molecule has 0 bridgehead atoms. The Hall–Kier alpha value is -0.0800. The molecular formula is C13H26O2. The number of aliphatic hydroxyl groups is 1. The molecule has 0 aliphatic heterocycles. The van der Waals surface area contributed by atoms with Gasteiger partial charge in [0.1, 0.15) is 0 Å². The third kappa shape index (κ3) is 4.12. The molecule has 2 atom stereocenters. The maximum atomic E-state index is 10.5. The lowest BCUT2D eigenvalue weighted by atomic mass is 9.72. The van der Waals surface area contributed by atoms with E-state index < -0.39 is 5.60 Å². The van der Waals surface area contributed by atoms with Gasteiger partial charge >= 0.3 is 0 Å². The molecule has 15 heavy (non-hydrogen) atoms. The second-order valence-corrected chi connectivity index (χ2v) is 5.42. The molecule has 2 unspecified atom stereocenters. The number of rotatable bonds is 5. The molecule has 0 amide bonds. The quantitative estimate of drug-likeness (QED) is 0.713. The number of ether oxygens (including phenoxy) is 1. The number of hydrogen-bond acceptors (Lipinski definition) is 2. The molecule has 0 spiro atoms. The summed E-state index contributed by atoms with van der Waals surface area (Å²) in [6.45, 7) is 5.31. The smallest absolute Gasteiger partial charge is 0.0651 e. The van der Waals surface area contributed by atoms with Crippen LogP contribution in [0.15, 0.2) is 0 Å². The molecule has 0 heterocycles. The summed E-state index contributed by atoms with van der Waals surface area (Å²) in [5, 5.41) is 10.5. The highest BCUT2D eigenvalue weighted by atomic mass is 16.5. The van der Waals surface area contributed by atoms with E-state index in [1.54, 1.807) is 7.11 Å². The van der Waals surface area contributed by atoms with Crippen molar-refractivity contribution in [1.82, 2.24) is 0 Å². The first-order valence-corrected chi connectivity index (χ1v) is 6.29. The highest BCUT2D eigenvalue weighted by Gasteiger charge is 2.34. The van der Waals surface area contributed by atoms with Crippen LogP contribution >= 0.6 is 0 Å². The Morgan fingerprint density at radius 3 is 2.80 bits per heavy atom. The molecule has 1 aliphatic carbocycles. The summed E-state index contributed by atoms with van der Waals surface area (Å²) < 4.78 is 5.04. The van der Waals surface area contributed by atoms with Crippen molar-refractivity contribution in [2.75, 3.05) is 13.7 Å². The van der Waals surface area contributed by atoms with E-state index >= 15 is 0 Å². The van der Waals surface area contributed by atoms with Crippen molar-refractivity contribution in [3.63, 3.8) is 0 Å². The van der Waals surface area contributed by atoms with Crippen LogP contribution in [0.3, 0.4) is 0 Å². The SMILES string of the molecule is COCCCC1(O)CCCC(C(C)C)C1. The van der Waals surface area contributed by atoms with E-state index in [0.29, 0.717) is 11.8 Å². The maximum Gasteiger partial charge on any atom is 0.0651 e. The monoisotopic (exact) mass is 214 g/mol. The van der Waals surface area contributed by atoms with Gasteiger partial charge in [0.15, 0.2) is 0 Å². The van der Waals surface area contributed by atoms with E-state index in [1.165, 1.54) is 12.8 Å². The molecule has 0 aromatic heterocycles. The summed E-state index contributed by atoms with van der Waals surface area (Å²) in [7, 11) is 1.72. The molecule has 2 heteroatoms. The summed E-state index contributed by atoms with van der Waals surface area (Å²) in [6.07, 6.45) is 6.35. The summed E-state index contributed by atoms with van der Waals surface area (Å²) in [4.78, 5) is 0. The minimum absolute atomic E-state index is 0.397. The predicted octanol–water partition coefficient (Wildman–Crippen LogP) is 2.99. The first kappa shape index (κ1) is 13.0. The van der Waals surface area contributed by atoms with E-state index in [2.05, 4.69) is 13.8 Å². The van der Waals surface area contributed by atoms with E-state index in [-0.39, 0.29) is 0 Å². The van der Waals surface area contributed by atoms with Gasteiger partial charge < -0.3 is 9.84 Å². The Kier molecular flexibility index (Phi) is 5.07. The van der Waals surface area contributed by atoms with Gasteiger partial charge in [-0.2, -0.15) is 0 Å². The van der Waals surface area contributed by atoms with Gasteiger partial charge in [-0.1, -0.05) is 20.3 Å². The van der Waals surface area contributed by atoms with Crippen molar-refractivity contribution in [2.24, 2.45) is 11.8 Å². The van der Waals surface area contributed by atoms with Gasteiger partial charge in [-0.25, -0.2) is 0 Å². The van der Waals surface area contributed by atoms with Crippen LogP contribution in [0.5, 0.6) is 0 Å². The Balaban J connectivity index is 2.38. The molecular weight excluding hydrogens is 188 g/mol. The van der Waals surface area contributed by atoms with E-state index in [0.717, 1.165) is 32.3 Å². The Morgan fingerprint density at radius 1 is 1.47 bits per heavy atom. The maximum absolute atomic E-state index is 10.5. The van der Waals surface area contributed by atoms with Crippen molar-refractivity contribution in [3.8, 4) is 0 Å². The third-order valence-corrected chi connectivity index (χ3v) is 3.79. The van der Waals surface area contributed by atoms with E-state index in [1.807, 2.05) is 0 Å². The summed E-state index contributed by atoms with van der Waals surface area (Å²) in [5.41, 5.74) is -0.397. The highest BCUT2D eigenvalue weighted by Crippen LogP contribution is 2.38. The van der Waals surface area contributed by atoms with Gasteiger partial charge in [-0.3, -0.25) is 0 Å². The van der Waals surface area contributed by atoms with Gasteiger partial charge in [-0.15, -0.1) is 0 Å². The van der Waals surface area contributed by atoms with E-state index in [4.69, 9.17) is 4.74 Å². The summed E-state index contributed by atoms with van der Waals surface area (Å²) in [6, 6.07) is 0. The lowest BCUT2D eigenvalue weighted by Gasteiger charge is -2.38. The van der Waals surface area contributed by atoms with Gasteiger partial charge in [-0.05, 0) is 43.9 Å². The molecule has 0 aromatic carbocycles. The van der Waals surface area contributed by atoms with Crippen LogP contribution in [0, 0.1) is 11.8 Å². The summed E-state index contributed by atoms with van der Waals surface area (Å²) >= 11 is 0. The Labute approximate surface area is 94.0 Å². The zero-order valence-electron chi connectivity index (χ0n) is 10.5. The van der Waals surface area contributed by atoms with Gasteiger partial charge in [0, 0.05) is 13.7 Å². The second-order valence-electron chi connectivity index (χ2n) is 5.42. The molecule has 1 N–H and O–H groups in total. The second kappa shape index (κ2) is 5.86. The average Bonchev–Trinajstić information content (AvgIpc) is 2.18. The minimum atomic E-state index is -0.397. The van der Waals surface area contributed by atoms with Gasteiger partial charge in [0.25, 0.3) is 0 Å². The van der Waals surface area contributed by atoms with Crippen molar-refractivity contribution >= 4 is 0 Å². The first-order valence-electron chi connectivity index (χ1n) is 6.29. The fourth-order valence-electron chi connectivity index (χ4n) is 2.73. The van der Waals surface area contributed by atoms with Crippen molar-refractivity contribution in [3.05, 3.63) is 0 Å². The van der Waals surface area contributed by atoms with Gasteiger partial charge in [0.05, 0.1) is 5.60 Å². The fraction of sp³-hybridized carbons (Fsp3) is 1.00. The van der Waals surface area contributed by atoms with Crippen LogP contribution < -0.4 is 0 Å². The predicted molar refractivity (Wildman–Crippen MR) is 62.9 cm³/mol. The van der Waals surface area contributed by atoms with Crippen molar-refractivity contribution < 1.29 is 9.84 Å². The van der Waals surface area contributed by atoms with Gasteiger partial charge in [0.2, 0.25) is 0 Å². The lowest BCUT2D eigenvalue weighted by Crippen LogP contribution is -2.37. The van der Waals surface area contributed by atoms with Crippen LogP contribution in [-0.4, -0.2) is 24.4 Å². The molecule has 0 saturated heterocycles. The van der Waals surface area contributed by atoms with Crippen LogP contribution in [0.2, 0.25) is 0 Å². The molecule has 90 valence electrons. The zero-order valence-corrected chi connectivity index (χ0v) is 10.5. The van der Waals surface area contributed by atoms with Crippen LogP contribution in [0.4, 0.5) is 0 Å². The van der Waals surface area contributed by atoms with Crippen LogP contribution in [-0.2, 0) is 4.74 Å². The Morgan fingerprint density at radius 2 is 2.20 bits per heavy atom. The molecule has 0 radical (unpaired) electrons. The fourth-order valence-corrected chi connectivity index (χ4v) is 2.73. The molecule has 1 saturated carbocycles. The largest absolute Gasteiger partial charge is 0.390 e. The normalized spacial score (nSPS) is 32.2. The molecule has 2 nitrogen and oxygen atoms in total. The Bertz CT molecular complexity index is 179. The van der Waals surface area contributed by atoms with E-state index in [9.17, 15) is 5.11 Å². The first-order chi connectivity index (χ1) is 7.07. The third-order valence-electron chi connectivity index (χ3n) is 3.79. The van der Waals surface area contributed by atoms with Crippen molar-refractivity contribution in [2.45, 2.75) is 58.0 Å². The average molecular weight is 214 g/mol. The van der Waals surface area contributed by atoms with Crippen LogP contribution in [0.1, 0.15) is 52.4 Å². The number of hydrogen-bond donors (Lipinski definition) is 1. The summed E-state index contributed by atoms with van der Waals surface area (Å²) in [5.74, 6) is 1.42. The molecule has 1 rings (SSSR count). The standard InChI is InChI=1S/C13H26O2/c1-11(2)12-6-4-7-13(14,10-12)8-5-9-15-3/h11-12,14H,4-10H2,1-3H3. The topological polar surface area (TPSA) is 29.5 Å². The lowest BCUT2D eigenvalue weighted by molar-refractivity contribution is -0.0360. The zero-order chi connectivity index (χ0) is 11.3. The number of methoxy groups -OCH3 is 1. The van der Waals surface area contributed by atoms with Crippen LogP contribution in [0.25, 0.3) is 0 Å².